The summed E-state index contributed by atoms with van der Waals surface area (Å²) in [5.74, 6) is -1.96. The minimum Gasteiger partial charge on any atom is -0.466 e. The fraction of sp³-hybridized carbons (Fsp3) is 0.250. The van der Waals surface area contributed by atoms with Gasteiger partial charge in [0.15, 0.2) is 5.78 Å². The Bertz CT molecular complexity index is 1090. The van der Waals surface area contributed by atoms with Crippen LogP contribution in [0, 0.1) is 5.82 Å². The molecule has 1 N–H and O–H groups in total. The van der Waals surface area contributed by atoms with Gasteiger partial charge in [-0.1, -0.05) is 41.9 Å². The Morgan fingerprint density at radius 1 is 1.13 bits per heavy atom. The summed E-state index contributed by atoms with van der Waals surface area (Å²) in [5, 5.41) is 3.87. The van der Waals surface area contributed by atoms with Gasteiger partial charge in [-0.15, -0.1) is 0 Å². The molecule has 1 aliphatic heterocycles. The molecule has 6 heteroatoms. The van der Waals surface area contributed by atoms with E-state index in [9.17, 15) is 14.0 Å². The normalized spacial score (nSPS) is 21.3. The van der Waals surface area contributed by atoms with Crippen molar-refractivity contribution in [2.24, 2.45) is 0 Å². The molecule has 2 atom stereocenters. The average molecular weight is 426 g/mol. The van der Waals surface area contributed by atoms with Gasteiger partial charge < -0.3 is 10.1 Å². The first kappa shape index (κ1) is 20.4. The summed E-state index contributed by atoms with van der Waals surface area (Å²) in [6.45, 7) is 1.75. The molecule has 1 aliphatic carbocycles. The number of ether oxygens (including phenoxy) is 1. The van der Waals surface area contributed by atoms with Crippen LogP contribution in [0.5, 0.6) is 0 Å². The summed E-state index contributed by atoms with van der Waals surface area (Å²) in [6.07, 6.45) is 0.861. The van der Waals surface area contributed by atoms with Gasteiger partial charge in [0.05, 0.1) is 18.6 Å². The number of dihydropyridines is 1. The summed E-state index contributed by atoms with van der Waals surface area (Å²) < 4.78 is 19.7. The van der Waals surface area contributed by atoms with Crippen molar-refractivity contribution in [3.05, 3.63) is 93.0 Å². The standard InChI is InChI=1S/C24H21ClFNO3/c1-13-21(24(29)30-2)22(17-5-3-4-6-18(17)26)23-19(27-13)11-15(12-20(23)28)14-7-9-16(25)10-8-14/h3-10,15,22,27H,11-12H2,1-2H3/t15-,22-/m0/s1. The molecule has 0 saturated carbocycles. The second-order valence-electron chi connectivity index (χ2n) is 7.58. The van der Waals surface area contributed by atoms with Crippen LogP contribution in [0.4, 0.5) is 4.39 Å². The van der Waals surface area contributed by atoms with Crippen LogP contribution in [-0.2, 0) is 14.3 Å². The molecular weight excluding hydrogens is 405 g/mol. The fourth-order valence-electron chi connectivity index (χ4n) is 4.41. The molecule has 4 nitrogen and oxygen atoms in total. The number of benzene rings is 2. The van der Waals surface area contributed by atoms with Gasteiger partial charge >= 0.3 is 5.97 Å². The summed E-state index contributed by atoms with van der Waals surface area (Å²) in [5.41, 5.74) is 3.31. The quantitative estimate of drug-likeness (QED) is 0.702. The van der Waals surface area contributed by atoms with Crippen LogP contribution in [0.2, 0.25) is 5.02 Å². The van der Waals surface area contributed by atoms with Crippen molar-refractivity contribution in [2.75, 3.05) is 7.11 Å². The Hall–Kier alpha value is -2.92. The summed E-state index contributed by atoms with van der Waals surface area (Å²) in [6, 6.07) is 13.7. The van der Waals surface area contributed by atoms with Gasteiger partial charge in [0, 0.05) is 34.0 Å². The minimum atomic E-state index is -0.798. The largest absolute Gasteiger partial charge is 0.466 e. The van der Waals surface area contributed by atoms with E-state index in [1.165, 1.54) is 13.2 Å². The Morgan fingerprint density at radius 3 is 2.50 bits per heavy atom. The first-order valence-electron chi connectivity index (χ1n) is 9.73. The minimum absolute atomic E-state index is 0.0187. The van der Waals surface area contributed by atoms with Crippen LogP contribution in [0.1, 0.15) is 42.7 Å². The molecule has 0 fully saturated rings. The number of methoxy groups -OCH3 is 1. The number of hydrogen-bond acceptors (Lipinski definition) is 4. The number of halogens is 2. The molecule has 0 bridgehead atoms. The zero-order valence-corrected chi connectivity index (χ0v) is 17.4. The van der Waals surface area contributed by atoms with Crippen LogP contribution in [0.15, 0.2) is 71.1 Å². The highest BCUT2D eigenvalue weighted by Gasteiger charge is 2.42. The van der Waals surface area contributed by atoms with Crippen molar-refractivity contribution in [1.29, 1.82) is 0 Å². The molecule has 0 spiro atoms. The van der Waals surface area contributed by atoms with E-state index in [0.29, 0.717) is 28.3 Å². The maximum absolute atomic E-state index is 14.8. The predicted molar refractivity (Wildman–Crippen MR) is 112 cm³/mol. The molecule has 0 aromatic heterocycles. The number of rotatable bonds is 3. The SMILES string of the molecule is COC(=O)C1=C(C)NC2=C(C(=O)C[C@@H](c3ccc(Cl)cc3)C2)[C@H]1c1ccccc1F. The molecule has 2 aliphatic rings. The summed E-state index contributed by atoms with van der Waals surface area (Å²) >= 11 is 6.00. The fourth-order valence-corrected chi connectivity index (χ4v) is 4.54. The van der Waals surface area contributed by atoms with Gasteiger partial charge in [-0.3, -0.25) is 4.79 Å². The second-order valence-corrected chi connectivity index (χ2v) is 8.02. The van der Waals surface area contributed by atoms with Crippen LogP contribution < -0.4 is 5.32 Å². The number of hydrogen-bond donors (Lipinski definition) is 1. The van der Waals surface area contributed by atoms with Crippen LogP contribution in [0.25, 0.3) is 0 Å². The zero-order valence-electron chi connectivity index (χ0n) is 16.7. The highest BCUT2D eigenvalue weighted by Crippen LogP contribution is 2.46. The van der Waals surface area contributed by atoms with Crippen molar-refractivity contribution in [2.45, 2.75) is 31.6 Å². The Kier molecular flexibility index (Phi) is 5.48. The number of allylic oxidation sites excluding steroid dienone is 3. The van der Waals surface area contributed by atoms with E-state index in [4.69, 9.17) is 16.3 Å². The molecule has 0 unspecified atom stereocenters. The van der Waals surface area contributed by atoms with Gasteiger partial charge in [0.2, 0.25) is 0 Å². The van der Waals surface area contributed by atoms with Crippen LogP contribution >= 0.6 is 11.6 Å². The third kappa shape index (κ3) is 3.54. The molecule has 0 radical (unpaired) electrons. The maximum Gasteiger partial charge on any atom is 0.336 e. The van der Waals surface area contributed by atoms with Crippen LogP contribution in [-0.4, -0.2) is 18.9 Å². The molecule has 154 valence electrons. The zero-order chi connectivity index (χ0) is 21.4. The first-order valence-corrected chi connectivity index (χ1v) is 10.1. The Morgan fingerprint density at radius 2 is 1.83 bits per heavy atom. The molecule has 0 amide bonds. The number of esters is 1. The van der Waals surface area contributed by atoms with E-state index >= 15 is 0 Å². The summed E-state index contributed by atoms with van der Waals surface area (Å²) in [7, 11) is 1.28. The number of carbonyl (C=O) groups is 2. The monoisotopic (exact) mass is 425 g/mol. The molecule has 2 aromatic rings. The maximum atomic E-state index is 14.8. The van der Waals surface area contributed by atoms with Gasteiger partial charge in [-0.25, -0.2) is 9.18 Å². The summed E-state index contributed by atoms with van der Waals surface area (Å²) in [4.78, 5) is 25.9. The van der Waals surface area contributed by atoms with E-state index in [1.54, 1.807) is 25.1 Å². The van der Waals surface area contributed by atoms with E-state index in [0.717, 1.165) is 11.3 Å². The van der Waals surface area contributed by atoms with Gasteiger partial charge in [0.1, 0.15) is 5.82 Å². The van der Waals surface area contributed by atoms with Crippen molar-refractivity contribution in [3.63, 3.8) is 0 Å². The van der Waals surface area contributed by atoms with Crippen molar-refractivity contribution in [3.8, 4) is 0 Å². The van der Waals surface area contributed by atoms with E-state index < -0.39 is 17.7 Å². The molecule has 4 rings (SSSR count). The lowest BCUT2D eigenvalue weighted by atomic mass is 9.71. The third-order valence-corrected chi connectivity index (χ3v) is 6.04. The van der Waals surface area contributed by atoms with E-state index in [1.807, 2.05) is 24.3 Å². The molecule has 2 aromatic carbocycles. The second kappa shape index (κ2) is 8.07. The lowest BCUT2D eigenvalue weighted by molar-refractivity contribution is -0.136. The lowest BCUT2D eigenvalue weighted by Crippen LogP contribution is -2.36. The molecule has 1 heterocycles. The first-order chi connectivity index (χ1) is 14.4. The highest BCUT2D eigenvalue weighted by molar-refractivity contribution is 6.30. The number of ketones is 1. The molecular formula is C24H21ClFNO3. The highest BCUT2D eigenvalue weighted by atomic mass is 35.5. The van der Waals surface area contributed by atoms with Crippen LogP contribution in [0.3, 0.4) is 0 Å². The van der Waals surface area contributed by atoms with Gasteiger partial charge in [-0.2, -0.15) is 0 Å². The van der Waals surface area contributed by atoms with E-state index in [-0.39, 0.29) is 23.7 Å². The smallest absolute Gasteiger partial charge is 0.336 e. The number of nitrogens with one attached hydrogen (secondary N) is 1. The number of Topliss-reactive ketones (excluding diaryl/α,β-unsaturated/α-hetero) is 1. The van der Waals surface area contributed by atoms with E-state index in [2.05, 4.69) is 5.32 Å². The number of carbonyl (C=O) groups excluding carboxylic acids is 2. The van der Waals surface area contributed by atoms with Gasteiger partial charge in [0.25, 0.3) is 0 Å². The Balaban J connectivity index is 1.82. The molecule has 30 heavy (non-hydrogen) atoms. The predicted octanol–water partition coefficient (Wildman–Crippen LogP) is 5.01. The van der Waals surface area contributed by atoms with Crippen molar-refractivity contribution >= 4 is 23.4 Å². The van der Waals surface area contributed by atoms with Gasteiger partial charge in [-0.05, 0) is 43.0 Å². The van der Waals surface area contributed by atoms with Crippen molar-refractivity contribution in [1.82, 2.24) is 5.32 Å². The topological polar surface area (TPSA) is 55.4 Å². The molecule has 0 saturated heterocycles. The lowest BCUT2D eigenvalue weighted by Gasteiger charge is -2.36. The Labute approximate surface area is 179 Å². The van der Waals surface area contributed by atoms with Crippen molar-refractivity contribution < 1.29 is 18.7 Å². The third-order valence-electron chi connectivity index (χ3n) is 5.79. The average Bonchev–Trinajstić information content (AvgIpc) is 2.73.